The zero-order chi connectivity index (χ0) is 10.8. The summed E-state index contributed by atoms with van der Waals surface area (Å²) in [5, 5.41) is 0.444. The Morgan fingerprint density at radius 1 is 1.27 bits per heavy atom. The van der Waals surface area contributed by atoms with Crippen LogP contribution >= 0.6 is 0 Å². The fourth-order valence-electron chi connectivity index (χ4n) is 1.33. The van der Waals surface area contributed by atoms with E-state index < -0.39 is 6.61 Å². The smallest absolute Gasteiger partial charge is 0.388 e. The van der Waals surface area contributed by atoms with Crippen LogP contribution in [0, 0.1) is 0 Å². The predicted octanol–water partition coefficient (Wildman–Crippen LogP) is 2.13. The van der Waals surface area contributed by atoms with Gasteiger partial charge in [-0.15, -0.1) is 0 Å². The number of hydrogen-bond donors (Lipinski definition) is 1. The Labute approximate surface area is 83.3 Å². The molecular weight excluding hydrogens is 204 g/mol. The fraction of sp³-hybridized carbons (Fsp3) is 0.100. The van der Waals surface area contributed by atoms with E-state index in [4.69, 9.17) is 0 Å². The molecule has 1 aromatic heterocycles. The van der Waals surface area contributed by atoms with Crippen LogP contribution in [-0.4, -0.2) is 11.6 Å². The van der Waals surface area contributed by atoms with Crippen molar-refractivity contribution >= 4 is 10.9 Å². The van der Waals surface area contributed by atoms with Crippen molar-refractivity contribution in [3.63, 3.8) is 0 Å². The molecule has 0 amide bonds. The Kier molecular flexibility index (Phi) is 2.37. The van der Waals surface area contributed by atoms with Gasteiger partial charge in [-0.25, -0.2) is 0 Å². The Balaban J connectivity index is 2.57. The highest BCUT2D eigenvalue weighted by atomic mass is 19.3. The maximum absolute atomic E-state index is 11.9. The van der Waals surface area contributed by atoms with Crippen LogP contribution in [0.1, 0.15) is 0 Å². The van der Waals surface area contributed by atoms with E-state index in [-0.39, 0.29) is 11.3 Å². The van der Waals surface area contributed by atoms with Gasteiger partial charge in [-0.05, 0) is 12.1 Å². The molecule has 0 spiro atoms. The summed E-state index contributed by atoms with van der Waals surface area (Å²) in [5.74, 6) is -0.228. The van der Waals surface area contributed by atoms with E-state index >= 15 is 0 Å². The SMILES string of the molecule is O=c1cc(OC(F)F)[nH]c2ccccc12. The lowest BCUT2D eigenvalue weighted by atomic mass is 10.2. The van der Waals surface area contributed by atoms with Crippen LogP contribution in [0.15, 0.2) is 35.1 Å². The van der Waals surface area contributed by atoms with Crippen LogP contribution in [0.2, 0.25) is 0 Å². The van der Waals surface area contributed by atoms with E-state index in [0.29, 0.717) is 10.9 Å². The largest absolute Gasteiger partial charge is 0.419 e. The summed E-state index contributed by atoms with van der Waals surface area (Å²) in [6.07, 6.45) is 0. The number of benzene rings is 1. The number of pyridine rings is 1. The van der Waals surface area contributed by atoms with Crippen molar-refractivity contribution in [1.29, 1.82) is 0 Å². The van der Waals surface area contributed by atoms with Gasteiger partial charge in [-0.1, -0.05) is 12.1 Å². The van der Waals surface area contributed by atoms with Crippen LogP contribution in [0.4, 0.5) is 8.78 Å². The minimum atomic E-state index is -2.94. The van der Waals surface area contributed by atoms with E-state index in [1.807, 2.05) is 0 Å². The second-order valence-electron chi connectivity index (χ2n) is 2.92. The predicted molar refractivity (Wildman–Crippen MR) is 51.2 cm³/mol. The first-order valence-electron chi connectivity index (χ1n) is 4.24. The monoisotopic (exact) mass is 211 g/mol. The number of alkyl halides is 2. The molecule has 0 saturated heterocycles. The summed E-state index contributed by atoms with van der Waals surface area (Å²) in [5.41, 5.74) is 0.126. The molecule has 0 atom stereocenters. The molecule has 0 bridgehead atoms. The summed E-state index contributed by atoms with van der Waals surface area (Å²) in [6, 6.07) is 7.64. The van der Waals surface area contributed by atoms with Crippen LogP contribution in [-0.2, 0) is 0 Å². The Bertz CT molecular complexity index is 536. The van der Waals surface area contributed by atoms with E-state index in [9.17, 15) is 13.6 Å². The maximum Gasteiger partial charge on any atom is 0.388 e. The van der Waals surface area contributed by atoms with Crippen molar-refractivity contribution < 1.29 is 13.5 Å². The average molecular weight is 211 g/mol. The molecule has 1 heterocycles. The van der Waals surface area contributed by atoms with Gasteiger partial charge in [0.15, 0.2) is 5.43 Å². The molecule has 1 aromatic carbocycles. The molecule has 0 radical (unpaired) electrons. The van der Waals surface area contributed by atoms with Crippen molar-refractivity contribution in [2.75, 3.05) is 0 Å². The van der Waals surface area contributed by atoms with Crippen LogP contribution < -0.4 is 10.2 Å². The molecule has 15 heavy (non-hydrogen) atoms. The highest BCUT2D eigenvalue weighted by molar-refractivity contribution is 5.78. The number of para-hydroxylation sites is 1. The summed E-state index contributed by atoms with van der Waals surface area (Å²) in [7, 11) is 0. The third-order valence-electron chi connectivity index (χ3n) is 1.93. The summed E-state index contributed by atoms with van der Waals surface area (Å²) in [4.78, 5) is 14.0. The van der Waals surface area contributed by atoms with Crippen molar-refractivity contribution in [3.8, 4) is 5.88 Å². The second kappa shape index (κ2) is 3.68. The highest BCUT2D eigenvalue weighted by Gasteiger charge is 2.07. The molecule has 3 nitrogen and oxygen atoms in total. The third kappa shape index (κ3) is 1.96. The zero-order valence-corrected chi connectivity index (χ0v) is 7.54. The maximum atomic E-state index is 11.9. The summed E-state index contributed by atoms with van der Waals surface area (Å²) in [6.45, 7) is -2.94. The number of H-pyrrole nitrogens is 1. The third-order valence-corrected chi connectivity index (χ3v) is 1.93. The number of rotatable bonds is 2. The molecule has 0 unspecified atom stereocenters. The molecule has 5 heteroatoms. The van der Waals surface area contributed by atoms with Crippen LogP contribution in [0.5, 0.6) is 5.88 Å². The van der Waals surface area contributed by atoms with Gasteiger partial charge >= 0.3 is 6.61 Å². The van der Waals surface area contributed by atoms with Crippen LogP contribution in [0.3, 0.4) is 0 Å². The van der Waals surface area contributed by atoms with E-state index in [2.05, 4.69) is 9.72 Å². The lowest BCUT2D eigenvalue weighted by Crippen LogP contribution is -2.08. The van der Waals surface area contributed by atoms with Gasteiger partial charge in [0.25, 0.3) is 0 Å². The van der Waals surface area contributed by atoms with Gasteiger partial charge in [-0.3, -0.25) is 4.79 Å². The van der Waals surface area contributed by atoms with Gasteiger partial charge in [0.2, 0.25) is 5.88 Å². The average Bonchev–Trinajstić information content (AvgIpc) is 2.16. The number of nitrogens with one attached hydrogen (secondary N) is 1. The van der Waals surface area contributed by atoms with E-state index in [1.165, 1.54) is 0 Å². The number of hydrogen-bond acceptors (Lipinski definition) is 2. The number of fused-ring (bicyclic) bond motifs is 1. The lowest BCUT2D eigenvalue weighted by molar-refractivity contribution is -0.0526. The topological polar surface area (TPSA) is 42.1 Å². The fourth-order valence-corrected chi connectivity index (χ4v) is 1.33. The van der Waals surface area contributed by atoms with E-state index in [0.717, 1.165) is 6.07 Å². The molecule has 2 aromatic rings. The molecule has 0 fully saturated rings. The summed E-state index contributed by atoms with van der Waals surface area (Å²) < 4.78 is 27.9. The minimum absolute atomic E-state index is 0.228. The molecule has 0 aliphatic heterocycles. The number of halogens is 2. The van der Waals surface area contributed by atoms with Gasteiger partial charge in [-0.2, -0.15) is 8.78 Å². The first-order chi connectivity index (χ1) is 7.16. The van der Waals surface area contributed by atoms with Gasteiger partial charge in [0.1, 0.15) is 0 Å². The van der Waals surface area contributed by atoms with Crippen molar-refractivity contribution in [1.82, 2.24) is 4.98 Å². The van der Waals surface area contributed by atoms with Gasteiger partial charge in [0, 0.05) is 11.5 Å². The van der Waals surface area contributed by atoms with Gasteiger partial charge in [0.05, 0.1) is 5.52 Å². The lowest BCUT2D eigenvalue weighted by Gasteiger charge is -2.05. The molecule has 2 rings (SSSR count). The number of ether oxygens (including phenoxy) is 1. The number of aromatic nitrogens is 1. The Morgan fingerprint density at radius 2 is 2.00 bits per heavy atom. The van der Waals surface area contributed by atoms with Crippen molar-refractivity contribution in [3.05, 3.63) is 40.6 Å². The van der Waals surface area contributed by atoms with Crippen LogP contribution in [0.25, 0.3) is 10.9 Å². The van der Waals surface area contributed by atoms with E-state index in [1.54, 1.807) is 24.3 Å². The summed E-state index contributed by atoms with van der Waals surface area (Å²) >= 11 is 0. The molecule has 78 valence electrons. The Hall–Kier alpha value is -1.91. The minimum Gasteiger partial charge on any atom is -0.419 e. The normalized spacial score (nSPS) is 10.9. The second-order valence-corrected chi connectivity index (χ2v) is 2.92. The van der Waals surface area contributed by atoms with Crippen molar-refractivity contribution in [2.45, 2.75) is 6.61 Å². The molecule has 0 saturated carbocycles. The Morgan fingerprint density at radius 3 is 2.73 bits per heavy atom. The quantitative estimate of drug-likeness (QED) is 0.826. The van der Waals surface area contributed by atoms with Gasteiger partial charge < -0.3 is 9.72 Å². The number of aromatic amines is 1. The first kappa shape index (κ1) is 9.64. The molecular formula is C10H7F2NO2. The molecule has 0 aliphatic rings. The zero-order valence-electron chi connectivity index (χ0n) is 7.54. The molecule has 1 N–H and O–H groups in total. The first-order valence-corrected chi connectivity index (χ1v) is 4.24. The van der Waals surface area contributed by atoms with Crippen molar-refractivity contribution in [2.24, 2.45) is 0 Å². The molecule has 0 aliphatic carbocycles. The standard InChI is InChI=1S/C10H7F2NO2/c11-10(12)15-9-5-8(14)6-3-1-2-4-7(6)13-9/h1-5,10H,(H,13,14). The highest BCUT2D eigenvalue weighted by Crippen LogP contribution is 2.13.